The SMILES string of the molecule is Cc1nn(-c2cccc3ncccc23)nc1C(=O)N=C(N)N.Cl. The number of aromatic nitrogens is 4. The molecular weight excluding hydrogens is 318 g/mol. The second kappa shape index (κ2) is 6.41. The molecule has 0 saturated carbocycles. The highest BCUT2D eigenvalue weighted by Crippen LogP contribution is 2.20. The molecule has 0 unspecified atom stereocenters. The number of guanidine groups is 1. The molecule has 8 nitrogen and oxygen atoms in total. The molecule has 23 heavy (non-hydrogen) atoms. The summed E-state index contributed by atoms with van der Waals surface area (Å²) in [4.78, 5) is 21.1. The Labute approximate surface area is 137 Å². The average molecular weight is 332 g/mol. The summed E-state index contributed by atoms with van der Waals surface area (Å²) in [6.45, 7) is 1.67. The molecule has 0 aliphatic carbocycles. The predicted molar refractivity (Wildman–Crippen MR) is 88.8 cm³/mol. The lowest BCUT2D eigenvalue weighted by molar-refractivity contribution is 0.0997. The van der Waals surface area contributed by atoms with E-state index in [1.807, 2.05) is 30.3 Å². The zero-order valence-electron chi connectivity index (χ0n) is 12.2. The van der Waals surface area contributed by atoms with Crippen molar-refractivity contribution in [1.82, 2.24) is 20.0 Å². The standard InChI is InChI=1S/C14H13N7O.ClH/c1-8-12(13(22)18-14(15)16)20-21(19-8)11-6-2-5-10-9(11)4-3-7-17-10;/h2-7H,1H3,(H4,15,16,18,22);1H. The van der Waals surface area contributed by atoms with Crippen molar-refractivity contribution in [2.45, 2.75) is 6.92 Å². The molecule has 0 fully saturated rings. The van der Waals surface area contributed by atoms with Gasteiger partial charge >= 0.3 is 5.91 Å². The third-order valence-electron chi connectivity index (χ3n) is 3.05. The number of fused-ring (bicyclic) bond motifs is 1. The predicted octanol–water partition coefficient (Wildman–Crippen LogP) is 0.959. The molecule has 9 heteroatoms. The maximum absolute atomic E-state index is 11.9. The Morgan fingerprint density at radius 1 is 1.17 bits per heavy atom. The normalized spacial score (nSPS) is 10.1. The molecular formula is C14H14ClN7O. The monoisotopic (exact) mass is 331 g/mol. The van der Waals surface area contributed by atoms with Crippen LogP contribution in [0.1, 0.15) is 16.2 Å². The molecule has 0 saturated heterocycles. The Kier molecular flexibility index (Phi) is 4.56. The molecule has 3 aromatic rings. The van der Waals surface area contributed by atoms with Crippen LogP contribution in [-0.2, 0) is 0 Å². The number of amides is 1. The minimum Gasteiger partial charge on any atom is -0.370 e. The lowest BCUT2D eigenvalue weighted by Gasteiger charge is -2.03. The number of carbonyl (C=O) groups is 1. The van der Waals surface area contributed by atoms with Crippen LogP contribution in [0.2, 0.25) is 0 Å². The lowest BCUT2D eigenvalue weighted by atomic mass is 10.2. The van der Waals surface area contributed by atoms with Crippen molar-refractivity contribution in [3.05, 3.63) is 47.9 Å². The van der Waals surface area contributed by atoms with Crippen LogP contribution in [-0.4, -0.2) is 31.8 Å². The van der Waals surface area contributed by atoms with Crippen LogP contribution in [0.5, 0.6) is 0 Å². The van der Waals surface area contributed by atoms with Crippen molar-refractivity contribution in [2.75, 3.05) is 0 Å². The molecule has 3 rings (SSSR count). The Morgan fingerprint density at radius 2 is 1.96 bits per heavy atom. The number of hydrogen-bond acceptors (Lipinski definition) is 4. The number of pyridine rings is 1. The highest BCUT2D eigenvalue weighted by atomic mass is 35.5. The van der Waals surface area contributed by atoms with Crippen molar-refractivity contribution in [1.29, 1.82) is 0 Å². The highest BCUT2D eigenvalue weighted by Gasteiger charge is 2.17. The second-order valence-corrected chi connectivity index (χ2v) is 4.61. The molecule has 1 amide bonds. The van der Waals surface area contributed by atoms with E-state index >= 15 is 0 Å². The topological polar surface area (TPSA) is 125 Å². The van der Waals surface area contributed by atoms with Gasteiger partial charge in [0.1, 0.15) is 0 Å². The van der Waals surface area contributed by atoms with Crippen LogP contribution in [0, 0.1) is 6.92 Å². The summed E-state index contributed by atoms with van der Waals surface area (Å²) in [5.74, 6) is -0.935. The Bertz CT molecular complexity index is 894. The van der Waals surface area contributed by atoms with E-state index in [-0.39, 0.29) is 24.1 Å². The van der Waals surface area contributed by atoms with E-state index in [1.165, 1.54) is 4.80 Å². The number of benzene rings is 1. The zero-order chi connectivity index (χ0) is 15.7. The third kappa shape index (κ3) is 3.11. The molecule has 2 aromatic heterocycles. The van der Waals surface area contributed by atoms with Gasteiger partial charge in [0.25, 0.3) is 0 Å². The minimum absolute atomic E-state index is 0. The molecule has 0 aliphatic heterocycles. The van der Waals surface area contributed by atoms with Gasteiger partial charge in [-0.15, -0.1) is 22.3 Å². The second-order valence-electron chi connectivity index (χ2n) is 4.61. The van der Waals surface area contributed by atoms with Crippen LogP contribution >= 0.6 is 12.4 Å². The first-order valence-corrected chi connectivity index (χ1v) is 6.48. The number of halogens is 1. The van der Waals surface area contributed by atoms with E-state index < -0.39 is 5.91 Å². The number of hydrogen-bond donors (Lipinski definition) is 2. The van der Waals surface area contributed by atoms with Gasteiger partial charge in [-0.3, -0.25) is 9.78 Å². The number of carbonyl (C=O) groups excluding carboxylic acids is 1. The third-order valence-corrected chi connectivity index (χ3v) is 3.05. The lowest BCUT2D eigenvalue weighted by Crippen LogP contribution is -2.24. The van der Waals surface area contributed by atoms with Crippen LogP contribution in [0.4, 0.5) is 0 Å². The van der Waals surface area contributed by atoms with E-state index in [0.29, 0.717) is 5.69 Å². The largest absolute Gasteiger partial charge is 0.370 e. The van der Waals surface area contributed by atoms with Gasteiger partial charge in [-0.2, -0.15) is 10.1 Å². The molecule has 2 heterocycles. The summed E-state index contributed by atoms with van der Waals surface area (Å²) in [5, 5.41) is 9.33. The summed E-state index contributed by atoms with van der Waals surface area (Å²) < 4.78 is 0. The Balaban J connectivity index is 0.00000192. The Morgan fingerprint density at radius 3 is 2.70 bits per heavy atom. The van der Waals surface area contributed by atoms with E-state index in [4.69, 9.17) is 11.5 Å². The van der Waals surface area contributed by atoms with Crippen LogP contribution in [0.15, 0.2) is 41.5 Å². The quantitative estimate of drug-likeness (QED) is 0.532. The van der Waals surface area contributed by atoms with Crippen molar-refractivity contribution in [3.63, 3.8) is 0 Å². The van der Waals surface area contributed by atoms with Crippen molar-refractivity contribution < 1.29 is 4.79 Å². The molecule has 1 aromatic carbocycles. The number of aliphatic imine (C=N–C) groups is 1. The van der Waals surface area contributed by atoms with Gasteiger partial charge in [0.05, 0.1) is 16.9 Å². The fourth-order valence-electron chi connectivity index (χ4n) is 2.12. The van der Waals surface area contributed by atoms with E-state index in [0.717, 1.165) is 16.6 Å². The van der Waals surface area contributed by atoms with Gasteiger partial charge in [-0.1, -0.05) is 6.07 Å². The highest BCUT2D eigenvalue weighted by molar-refractivity contribution is 6.01. The van der Waals surface area contributed by atoms with Crippen molar-refractivity contribution in [3.8, 4) is 5.69 Å². The van der Waals surface area contributed by atoms with E-state index in [1.54, 1.807) is 13.1 Å². The van der Waals surface area contributed by atoms with Gasteiger partial charge in [-0.05, 0) is 31.2 Å². The van der Waals surface area contributed by atoms with Crippen LogP contribution in [0.3, 0.4) is 0 Å². The molecule has 118 valence electrons. The molecule has 0 bridgehead atoms. The number of nitrogens with two attached hydrogens (primary N) is 2. The number of aryl methyl sites for hydroxylation is 1. The summed E-state index contributed by atoms with van der Waals surface area (Å²) in [6, 6.07) is 9.32. The van der Waals surface area contributed by atoms with Crippen molar-refractivity contribution >= 4 is 35.2 Å². The average Bonchev–Trinajstić information content (AvgIpc) is 2.88. The fourth-order valence-corrected chi connectivity index (χ4v) is 2.12. The maximum Gasteiger partial charge on any atom is 0.302 e. The smallest absolute Gasteiger partial charge is 0.302 e. The minimum atomic E-state index is -0.623. The van der Waals surface area contributed by atoms with Crippen LogP contribution in [0.25, 0.3) is 16.6 Å². The van der Waals surface area contributed by atoms with Gasteiger partial charge in [0.15, 0.2) is 11.7 Å². The van der Waals surface area contributed by atoms with Crippen molar-refractivity contribution in [2.24, 2.45) is 16.5 Å². The van der Waals surface area contributed by atoms with E-state index in [2.05, 4.69) is 20.2 Å². The Hall–Kier alpha value is -3.00. The summed E-state index contributed by atoms with van der Waals surface area (Å²) >= 11 is 0. The first-order chi connectivity index (χ1) is 10.6. The summed E-state index contributed by atoms with van der Waals surface area (Å²) in [6.07, 6.45) is 1.71. The van der Waals surface area contributed by atoms with Gasteiger partial charge in [0, 0.05) is 11.6 Å². The van der Waals surface area contributed by atoms with Crippen LogP contribution < -0.4 is 11.5 Å². The molecule has 4 N–H and O–H groups in total. The molecule has 0 radical (unpaired) electrons. The molecule has 0 atom stereocenters. The van der Waals surface area contributed by atoms with Gasteiger partial charge < -0.3 is 11.5 Å². The van der Waals surface area contributed by atoms with Gasteiger partial charge in [-0.25, -0.2) is 0 Å². The first kappa shape index (κ1) is 16.4. The maximum atomic E-state index is 11.9. The van der Waals surface area contributed by atoms with Gasteiger partial charge in [0.2, 0.25) is 0 Å². The van der Waals surface area contributed by atoms with E-state index in [9.17, 15) is 4.79 Å². The summed E-state index contributed by atoms with van der Waals surface area (Å²) in [7, 11) is 0. The molecule has 0 aliphatic rings. The number of rotatable bonds is 2. The first-order valence-electron chi connectivity index (χ1n) is 6.48. The molecule has 0 spiro atoms. The zero-order valence-corrected chi connectivity index (χ0v) is 13.0. The fraction of sp³-hybridized carbons (Fsp3) is 0.0714. The number of nitrogens with zero attached hydrogens (tertiary/aromatic N) is 5. The summed E-state index contributed by atoms with van der Waals surface area (Å²) in [5.41, 5.74) is 12.5.